The summed E-state index contributed by atoms with van der Waals surface area (Å²) in [7, 11) is 0. The normalized spacial score (nSPS) is 18.9. The number of fused-ring (bicyclic) bond motifs is 3. The maximum Gasteiger partial charge on any atom is 0.0485 e. The van der Waals surface area contributed by atoms with Crippen molar-refractivity contribution in [3.8, 4) is 12.3 Å². The second kappa shape index (κ2) is 4.27. The van der Waals surface area contributed by atoms with Crippen LogP contribution in [0.4, 0.5) is 0 Å². The Bertz CT molecular complexity index is 574. The molecule has 17 heavy (non-hydrogen) atoms. The maximum absolute atomic E-state index is 5.35. The van der Waals surface area contributed by atoms with Crippen LogP contribution < -0.4 is 5.32 Å². The average molecular weight is 224 g/mol. The predicted molar refractivity (Wildman–Crippen MR) is 70.8 cm³/mol. The van der Waals surface area contributed by atoms with E-state index in [0.29, 0.717) is 6.04 Å². The highest BCUT2D eigenvalue weighted by atomic mass is 15.0. The first-order valence-corrected chi connectivity index (χ1v) is 6.16. The molecule has 2 nitrogen and oxygen atoms in total. The first-order chi connectivity index (χ1) is 8.40. The number of para-hydroxylation sites is 1. The molecule has 1 aliphatic rings. The Hall–Kier alpha value is -1.72. The fourth-order valence-electron chi connectivity index (χ4n) is 2.74. The Balaban J connectivity index is 2.05. The number of rotatable bonds is 2. The van der Waals surface area contributed by atoms with Gasteiger partial charge in [-0.05, 0) is 31.0 Å². The minimum atomic E-state index is 0.391. The molecule has 0 aliphatic carbocycles. The van der Waals surface area contributed by atoms with Crippen LogP contribution in [0, 0.1) is 12.3 Å². The third-order valence-corrected chi connectivity index (χ3v) is 3.54. The van der Waals surface area contributed by atoms with Gasteiger partial charge >= 0.3 is 0 Å². The highest BCUT2D eigenvalue weighted by molar-refractivity contribution is 5.85. The van der Waals surface area contributed by atoms with Gasteiger partial charge < -0.3 is 10.3 Å². The zero-order valence-corrected chi connectivity index (χ0v) is 9.79. The molecular weight excluding hydrogens is 208 g/mol. The molecule has 1 aromatic carbocycles. The molecule has 0 saturated heterocycles. The molecule has 1 aromatic heterocycles. The van der Waals surface area contributed by atoms with E-state index in [4.69, 9.17) is 6.42 Å². The van der Waals surface area contributed by atoms with Crippen molar-refractivity contribution in [1.29, 1.82) is 0 Å². The van der Waals surface area contributed by atoms with Crippen LogP contribution in [0.25, 0.3) is 10.9 Å². The smallest absolute Gasteiger partial charge is 0.0485 e. The average Bonchev–Trinajstić information content (AvgIpc) is 2.75. The monoisotopic (exact) mass is 224 g/mol. The maximum atomic E-state index is 5.35. The highest BCUT2D eigenvalue weighted by Gasteiger charge is 2.22. The van der Waals surface area contributed by atoms with E-state index < -0.39 is 0 Å². The van der Waals surface area contributed by atoms with E-state index in [0.717, 1.165) is 25.8 Å². The summed E-state index contributed by atoms with van der Waals surface area (Å²) in [6.45, 7) is 1.05. The van der Waals surface area contributed by atoms with Crippen LogP contribution in [0.3, 0.4) is 0 Å². The zero-order chi connectivity index (χ0) is 11.7. The van der Waals surface area contributed by atoms with Crippen LogP contribution in [0.5, 0.6) is 0 Å². The Morgan fingerprint density at radius 3 is 3.12 bits per heavy atom. The standard InChI is InChI=1S/C15H16N2/c1-2-3-7-14-15-12(9-10-16-14)11-6-4-5-8-13(11)17-15/h1,4-6,8,14,16-17H,3,7,9-10H2. The molecule has 0 bridgehead atoms. The van der Waals surface area contributed by atoms with Crippen molar-refractivity contribution in [2.75, 3.05) is 6.54 Å². The molecule has 0 saturated carbocycles. The van der Waals surface area contributed by atoms with E-state index in [1.165, 1.54) is 22.2 Å². The van der Waals surface area contributed by atoms with Gasteiger partial charge in [0.15, 0.2) is 0 Å². The molecule has 1 atom stereocenters. The van der Waals surface area contributed by atoms with Gasteiger partial charge in [0.1, 0.15) is 0 Å². The van der Waals surface area contributed by atoms with Crippen molar-refractivity contribution in [3.05, 3.63) is 35.5 Å². The lowest BCUT2D eigenvalue weighted by molar-refractivity contribution is 0.474. The van der Waals surface area contributed by atoms with Crippen molar-refractivity contribution < 1.29 is 0 Å². The van der Waals surface area contributed by atoms with Crippen LogP contribution in [0.2, 0.25) is 0 Å². The van der Waals surface area contributed by atoms with Crippen LogP contribution in [-0.2, 0) is 6.42 Å². The van der Waals surface area contributed by atoms with Crippen LogP contribution >= 0.6 is 0 Å². The van der Waals surface area contributed by atoms with E-state index in [1.807, 2.05) is 0 Å². The number of aromatic nitrogens is 1. The number of aromatic amines is 1. The minimum Gasteiger partial charge on any atom is -0.357 e. The predicted octanol–water partition coefficient (Wildman–Crippen LogP) is 2.77. The SMILES string of the molecule is C#CCCC1NCCc2c1[nH]c1ccccc21. The molecule has 2 heteroatoms. The third-order valence-electron chi connectivity index (χ3n) is 3.54. The van der Waals surface area contributed by atoms with E-state index >= 15 is 0 Å². The van der Waals surface area contributed by atoms with Crippen LogP contribution in [0.1, 0.15) is 30.1 Å². The van der Waals surface area contributed by atoms with E-state index in [1.54, 1.807) is 0 Å². The summed E-state index contributed by atoms with van der Waals surface area (Å²) >= 11 is 0. The summed E-state index contributed by atoms with van der Waals surface area (Å²) in [5.41, 5.74) is 4.06. The van der Waals surface area contributed by atoms with Gasteiger partial charge in [-0.25, -0.2) is 0 Å². The summed E-state index contributed by atoms with van der Waals surface area (Å²) in [5.74, 6) is 2.73. The zero-order valence-electron chi connectivity index (χ0n) is 9.79. The molecule has 2 N–H and O–H groups in total. The lowest BCUT2D eigenvalue weighted by atomic mass is 9.96. The second-order valence-electron chi connectivity index (χ2n) is 4.56. The van der Waals surface area contributed by atoms with Crippen LogP contribution in [0.15, 0.2) is 24.3 Å². The molecule has 1 unspecified atom stereocenters. The Morgan fingerprint density at radius 1 is 1.35 bits per heavy atom. The van der Waals surface area contributed by atoms with Crippen molar-refractivity contribution in [3.63, 3.8) is 0 Å². The number of nitrogens with one attached hydrogen (secondary N) is 2. The van der Waals surface area contributed by atoms with Gasteiger partial charge in [-0.3, -0.25) is 0 Å². The Kier molecular flexibility index (Phi) is 2.62. The molecule has 0 amide bonds. The molecule has 2 aromatic rings. The first-order valence-electron chi connectivity index (χ1n) is 6.16. The van der Waals surface area contributed by atoms with E-state index in [-0.39, 0.29) is 0 Å². The molecule has 0 radical (unpaired) electrons. The lowest BCUT2D eigenvalue weighted by Crippen LogP contribution is -2.29. The van der Waals surface area contributed by atoms with Crippen molar-refractivity contribution in [1.82, 2.24) is 10.3 Å². The number of hydrogen-bond donors (Lipinski definition) is 2. The number of terminal acetylenes is 1. The third kappa shape index (κ3) is 1.73. The molecule has 1 aliphatic heterocycles. The van der Waals surface area contributed by atoms with Gasteiger partial charge in [0.05, 0.1) is 0 Å². The van der Waals surface area contributed by atoms with E-state index in [2.05, 4.69) is 40.5 Å². The first kappa shape index (κ1) is 10.4. The topological polar surface area (TPSA) is 27.8 Å². The van der Waals surface area contributed by atoms with Gasteiger partial charge in [0.2, 0.25) is 0 Å². The number of H-pyrrole nitrogens is 1. The summed E-state index contributed by atoms with van der Waals surface area (Å²) < 4.78 is 0. The fraction of sp³-hybridized carbons (Fsp3) is 0.333. The summed E-state index contributed by atoms with van der Waals surface area (Å²) in [4.78, 5) is 3.54. The van der Waals surface area contributed by atoms with Gasteiger partial charge in [-0.2, -0.15) is 0 Å². The largest absolute Gasteiger partial charge is 0.357 e. The molecule has 0 spiro atoms. The lowest BCUT2D eigenvalue weighted by Gasteiger charge is -2.23. The second-order valence-corrected chi connectivity index (χ2v) is 4.56. The highest BCUT2D eigenvalue weighted by Crippen LogP contribution is 2.31. The van der Waals surface area contributed by atoms with Gasteiger partial charge in [-0.15, -0.1) is 12.3 Å². The Morgan fingerprint density at radius 2 is 2.24 bits per heavy atom. The van der Waals surface area contributed by atoms with E-state index in [9.17, 15) is 0 Å². The van der Waals surface area contributed by atoms with Gasteiger partial charge in [0, 0.05) is 29.1 Å². The van der Waals surface area contributed by atoms with Crippen LogP contribution in [-0.4, -0.2) is 11.5 Å². The molecule has 2 heterocycles. The summed E-state index contributed by atoms with van der Waals surface area (Å²) in [5, 5.41) is 4.91. The molecule has 86 valence electrons. The quantitative estimate of drug-likeness (QED) is 0.754. The molecule has 0 fully saturated rings. The molecule has 3 rings (SSSR count). The van der Waals surface area contributed by atoms with Crippen molar-refractivity contribution >= 4 is 10.9 Å². The Labute approximate surface area is 101 Å². The van der Waals surface area contributed by atoms with Gasteiger partial charge in [0.25, 0.3) is 0 Å². The minimum absolute atomic E-state index is 0.391. The summed E-state index contributed by atoms with van der Waals surface area (Å²) in [6, 6.07) is 8.92. The summed E-state index contributed by atoms with van der Waals surface area (Å²) in [6.07, 6.45) is 8.29. The fourth-order valence-corrected chi connectivity index (χ4v) is 2.74. The van der Waals surface area contributed by atoms with Crippen molar-refractivity contribution in [2.45, 2.75) is 25.3 Å². The van der Waals surface area contributed by atoms with Crippen molar-refractivity contribution in [2.24, 2.45) is 0 Å². The number of hydrogen-bond acceptors (Lipinski definition) is 1. The molecular formula is C15H16N2. The number of benzene rings is 1. The van der Waals surface area contributed by atoms with Gasteiger partial charge in [-0.1, -0.05) is 18.2 Å².